The molecule has 0 amide bonds. The molecule has 1 aromatic rings. The number of carbonyl (C=O) groups is 1. The summed E-state index contributed by atoms with van der Waals surface area (Å²) in [4.78, 5) is 12.8. The molecule has 1 fully saturated rings. The monoisotopic (exact) mass is 399 g/mol. The third-order valence-corrected chi connectivity index (χ3v) is 8.14. The second-order valence-electron chi connectivity index (χ2n) is 10.2. The van der Waals surface area contributed by atoms with Crippen molar-refractivity contribution in [2.75, 3.05) is 12.4 Å². The van der Waals surface area contributed by atoms with Crippen LogP contribution in [0.5, 0.6) is 0 Å². The van der Waals surface area contributed by atoms with Crippen molar-refractivity contribution in [3.63, 3.8) is 0 Å². The molecule has 3 rings (SSSR count). The number of methoxy groups -OCH3 is 1. The van der Waals surface area contributed by atoms with E-state index in [2.05, 4.69) is 59.0 Å². The summed E-state index contributed by atoms with van der Waals surface area (Å²) in [6, 6.07) is 5.43. The van der Waals surface area contributed by atoms with Crippen LogP contribution in [0.2, 0.25) is 0 Å². The number of hydrogen-bond acceptors (Lipinski definition) is 3. The van der Waals surface area contributed by atoms with Gasteiger partial charge in [0.2, 0.25) is 0 Å². The van der Waals surface area contributed by atoms with Crippen molar-refractivity contribution in [2.45, 2.75) is 104 Å². The molecule has 3 heteroatoms. The van der Waals surface area contributed by atoms with Crippen molar-refractivity contribution in [2.24, 2.45) is 11.3 Å². The molecule has 2 aliphatic carbocycles. The molecule has 0 heterocycles. The molecule has 0 aliphatic heterocycles. The van der Waals surface area contributed by atoms with Gasteiger partial charge in [-0.15, -0.1) is 0 Å². The number of fused-ring (bicyclic) bond motifs is 3. The molecule has 1 aromatic carbocycles. The van der Waals surface area contributed by atoms with Crippen molar-refractivity contribution in [3.8, 4) is 0 Å². The number of carbonyl (C=O) groups excluding carboxylic acids is 1. The van der Waals surface area contributed by atoms with Crippen LogP contribution in [0.3, 0.4) is 0 Å². The van der Waals surface area contributed by atoms with Crippen LogP contribution in [0.4, 0.5) is 5.69 Å². The standard InChI is InChI=1S/C26H41NO2/c1-8-19(9-2)27-22-16-21-18(15-20(22)17(3)4)11-12-23-25(21,5)13-10-14-26(23,6)24(28)29-7/h15-17,19,23,27H,8-14H2,1-7H3. The highest BCUT2D eigenvalue weighted by Crippen LogP contribution is 2.58. The van der Waals surface area contributed by atoms with Gasteiger partial charge >= 0.3 is 5.97 Å². The van der Waals surface area contributed by atoms with Gasteiger partial charge in [-0.2, -0.15) is 0 Å². The molecule has 3 atom stereocenters. The van der Waals surface area contributed by atoms with Crippen molar-refractivity contribution in [1.29, 1.82) is 0 Å². The summed E-state index contributed by atoms with van der Waals surface area (Å²) in [6.45, 7) is 13.7. The summed E-state index contributed by atoms with van der Waals surface area (Å²) in [5.74, 6) is 0.815. The van der Waals surface area contributed by atoms with E-state index >= 15 is 0 Å². The van der Waals surface area contributed by atoms with Crippen LogP contribution in [0, 0.1) is 11.3 Å². The van der Waals surface area contributed by atoms with Crippen LogP contribution in [0.25, 0.3) is 0 Å². The first-order valence-electron chi connectivity index (χ1n) is 11.7. The minimum Gasteiger partial charge on any atom is -0.469 e. The molecule has 0 bridgehead atoms. The van der Waals surface area contributed by atoms with E-state index in [-0.39, 0.29) is 16.8 Å². The maximum Gasteiger partial charge on any atom is 0.311 e. The van der Waals surface area contributed by atoms with Gasteiger partial charge in [-0.3, -0.25) is 4.79 Å². The lowest BCUT2D eigenvalue weighted by molar-refractivity contribution is -0.161. The Morgan fingerprint density at radius 1 is 1.21 bits per heavy atom. The van der Waals surface area contributed by atoms with Gasteiger partial charge < -0.3 is 10.1 Å². The summed E-state index contributed by atoms with van der Waals surface area (Å²) >= 11 is 0. The highest BCUT2D eigenvalue weighted by Gasteiger charge is 2.55. The molecular weight excluding hydrogens is 358 g/mol. The van der Waals surface area contributed by atoms with Gasteiger partial charge in [0, 0.05) is 11.7 Å². The Morgan fingerprint density at radius 2 is 1.90 bits per heavy atom. The topological polar surface area (TPSA) is 38.3 Å². The number of ether oxygens (including phenoxy) is 1. The summed E-state index contributed by atoms with van der Waals surface area (Å²) < 4.78 is 5.28. The van der Waals surface area contributed by atoms with Crippen LogP contribution in [0.15, 0.2) is 12.1 Å². The first kappa shape index (κ1) is 22.2. The average molecular weight is 400 g/mol. The zero-order chi connectivity index (χ0) is 21.4. The maximum absolute atomic E-state index is 12.8. The van der Waals surface area contributed by atoms with E-state index in [1.165, 1.54) is 22.4 Å². The Labute approximate surface area is 178 Å². The third kappa shape index (κ3) is 3.70. The second-order valence-corrected chi connectivity index (χ2v) is 10.2. The van der Waals surface area contributed by atoms with Gasteiger partial charge in [0.1, 0.15) is 0 Å². The molecule has 0 aromatic heterocycles. The van der Waals surface area contributed by atoms with Crippen LogP contribution >= 0.6 is 0 Å². The first-order chi connectivity index (χ1) is 13.7. The van der Waals surface area contributed by atoms with Crippen LogP contribution in [0.1, 0.15) is 103 Å². The quantitative estimate of drug-likeness (QED) is 0.548. The molecule has 2 aliphatic rings. The lowest BCUT2D eigenvalue weighted by Gasteiger charge is -2.54. The summed E-state index contributed by atoms with van der Waals surface area (Å²) in [5.41, 5.74) is 5.37. The highest BCUT2D eigenvalue weighted by atomic mass is 16.5. The van der Waals surface area contributed by atoms with E-state index in [4.69, 9.17) is 4.74 Å². The summed E-state index contributed by atoms with van der Waals surface area (Å²) in [7, 11) is 1.54. The molecule has 29 heavy (non-hydrogen) atoms. The number of rotatable bonds is 6. The minimum absolute atomic E-state index is 0.0222. The van der Waals surface area contributed by atoms with E-state index in [0.717, 1.165) is 44.9 Å². The number of benzene rings is 1. The number of esters is 1. The number of hydrogen-bond donors (Lipinski definition) is 1. The predicted molar refractivity (Wildman–Crippen MR) is 122 cm³/mol. The SMILES string of the molecule is CCC(CC)Nc1cc2c(cc1C(C)C)CCC1C(C)(C(=O)OC)CCCC21C. The van der Waals surface area contributed by atoms with E-state index in [1.54, 1.807) is 7.11 Å². The number of nitrogens with one attached hydrogen (secondary N) is 1. The number of aryl methyl sites for hydroxylation is 1. The van der Waals surface area contributed by atoms with Crippen molar-refractivity contribution >= 4 is 11.7 Å². The molecule has 0 spiro atoms. The molecule has 162 valence electrons. The van der Waals surface area contributed by atoms with E-state index < -0.39 is 0 Å². The second kappa shape index (κ2) is 8.32. The van der Waals surface area contributed by atoms with Gasteiger partial charge in [-0.1, -0.05) is 47.1 Å². The average Bonchev–Trinajstić information content (AvgIpc) is 2.70. The molecule has 3 unspecified atom stereocenters. The minimum atomic E-state index is -0.376. The Kier molecular flexibility index (Phi) is 6.36. The fraction of sp³-hybridized carbons (Fsp3) is 0.731. The third-order valence-electron chi connectivity index (χ3n) is 8.14. The van der Waals surface area contributed by atoms with Gasteiger partial charge in [0.25, 0.3) is 0 Å². The maximum atomic E-state index is 12.8. The predicted octanol–water partition coefficient (Wildman–Crippen LogP) is 6.59. The van der Waals surface area contributed by atoms with Gasteiger partial charge in [0.05, 0.1) is 12.5 Å². The van der Waals surface area contributed by atoms with Crippen LogP contribution < -0.4 is 5.32 Å². The van der Waals surface area contributed by atoms with Crippen LogP contribution in [-0.2, 0) is 21.4 Å². The normalized spacial score (nSPS) is 28.8. The van der Waals surface area contributed by atoms with Gasteiger partial charge in [0.15, 0.2) is 0 Å². The van der Waals surface area contributed by atoms with Crippen LogP contribution in [-0.4, -0.2) is 19.1 Å². The van der Waals surface area contributed by atoms with Crippen molar-refractivity contribution in [3.05, 3.63) is 28.8 Å². The molecule has 1 N–H and O–H groups in total. The van der Waals surface area contributed by atoms with E-state index in [1.807, 2.05) is 0 Å². The van der Waals surface area contributed by atoms with Gasteiger partial charge in [-0.25, -0.2) is 0 Å². The molecular formula is C26H41NO2. The molecule has 1 saturated carbocycles. The van der Waals surface area contributed by atoms with Crippen molar-refractivity contribution < 1.29 is 9.53 Å². The lowest BCUT2D eigenvalue weighted by Crippen LogP contribution is -2.52. The largest absolute Gasteiger partial charge is 0.469 e. The molecule has 0 saturated heterocycles. The zero-order valence-corrected chi connectivity index (χ0v) is 19.7. The van der Waals surface area contributed by atoms with E-state index in [9.17, 15) is 4.79 Å². The molecule has 0 radical (unpaired) electrons. The smallest absolute Gasteiger partial charge is 0.311 e. The highest BCUT2D eigenvalue weighted by molar-refractivity contribution is 5.77. The van der Waals surface area contributed by atoms with Crippen molar-refractivity contribution in [1.82, 2.24) is 0 Å². The van der Waals surface area contributed by atoms with Gasteiger partial charge in [-0.05, 0) is 85.5 Å². The zero-order valence-electron chi connectivity index (χ0n) is 19.7. The Hall–Kier alpha value is -1.51. The fourth-order valence-corrected chi connectivity index (χ4v) is 6.33. The Balaban J connectivity index is 2.10. The lowest BCUT2D eigenvalue weighted by atomic mass is 9.49. The van der Waals surface area contributed by atoms with E-state index in [0.29, 0.717) is 17.9 Å². The Morgan fingerprint density at radius 3 is 2.48 bits per heavy atom. The fourth-order valence-electron chi connectivity index (χ4n) is 6.33. The molecule has 3 nitrogen and oxygen atoms in total. The summed E-state index contributed by atoms with van der Waals surface area (Å²) in [5, 5.41) is 3.85. The first-order valence-corrected chi connectivity index (χ1v) is 11.7. The Bertz CT molecular complexity index is 751. The summed E-state index contributed by atoms with van der Waals surface area (Å²) in [6.07, 6.45) is 7.58. The number of anilines is 1.